The van der Waals surface area contributed by atoms with E-state index in [9.17, 15) is 13.6 Å². The molecule has 0 saturated carbocycles. The molecule has 7 heteroatoms. The average molecular weight is 379 g/mol. The number of fused-ring (bicyclic) bond motifs is 1. The molecule has 0 fully saturated rings. The van der Waals surface area contributed by atoms with Crippen molar-refractivity contribution in [3.05, 3.63) is 77.0 Å². The molecular formula is C21H15F2N3O2. The summed E-state index contributed by atoms with van der Waals surface area (Å²) in [4.78, 5) is 17.4. The van der Waals surface area contributed by atoms with Crippen LogP contribution in [-0.2, 0) is 0 Å². The van der Waals surface area contributed by atoms with E-state index in [1.54, 1.807) is 38.1 Å². The lowest BCUT2D eigenvalue weighted by atomic mass is 10.0. The van der Waals surface area contributed by atoms with E-state index in [1.807, 2.05) is 0 Å². The third-order valence-electron chi connectivity index (χ3n) is 4.45. The van der Waals surface area contributed by atoms with E-state index in [-0.39, 0.29) is 17.1 Å². The Hall–Kier alpha value is -3.61. The van der Waals surface area contributed by atoms with Crippen LogP contribution in [0, 0.1) is 25.5 Å². The van der Waals surface area contributed by atoms with Gasteiger partial charge in [0, 0.05) is 11.3 Å². The van der Waals surface area contributed by atoms with E-state index >= 15 is 0 Å². The zero-order valence-electron chi connectivity index (χ0n) is 15.1. The minimum absolute atomic E-state index is 0.195. The topological polar surface area (TPSA) is 68.0 Å². The van der Waals surface area contributed by atoms with Gasteiger partial charge in [-0.25, -0.2) is 13.8 Å². The maximum Gasteiger partial charge on any atom is 0.259 e. The first-order valence-corrected chi connectivity index (χ1v) is 8.53. The summed E-state index contributed by atoms with van der Waals surface area (Å²) < 4.78 is 32.0. The second-order valence-corrected chi connectivity index (χ2v) is 6.42. The Balaban J connectivity index is 1.82. The van der Waals surface area contributed by atoms with Gasteiger partial charge in [-0.2, -0.15) is 0 Å². The molecule has 0 aliphatic heterocycles. The normalized spacial score (nSPS) is 11.0. The van der Waals surface area contributed by atoms with Crippen LogP contribution in [0.15, 0.2) is 53.1 Å². The highest BCUT2D eigenvalue weighted by Gasteiger charge is 2.20. The van der Waals surface area contributed by atoms with Crippen LogP contribution in [0.4, 0.5) is 14.5 Å². The molecule has 0 unspecified atom stereocenters. The zero-order valence-corrected chi connectivity index (χ0v) is 15.1. The zero-order chi connectivity index (χ0) is 19.8. The standard InChI is InChI=1S/C21H15F2N3O2/c1-11-3-6-15(23)9-17(11)24-20(27)16-10-18(13-4-7-14(22)8-5-13)25-21-19(16)12(2)26-28-21/h3-10H,1-2H3,(H,24,27). The number of amides is 1. The number of aromatic nitrogens is 2. The summed E-state index contributed by atoms with van der Waals surface area (Å²) in [5.74, 6) is -1.27. The van der Waals surface area contributed by atoms with Gasteiger partial charge in [0.1, 0.15) is 11.6 Å². The third-order valence-corrected chi connectivity index (χ3v) is 4.45. The van der Waals surface area contributed by atoms with Gasteiger partial charge < -0.3 is 9.84 Å². The van der Waals surface area contributed by atoms with Gasteiger partial charge in [0.25, 0.3) is 11.6 Å². The van der Waals surface area contributed by atoms with E-state index in [0.29, 0.717) is 28.0 Å². The van der Waals surface area contributed by atoms with Crippen LogP contribution >= 0.6 is 0 Å². The highest BCUT2D eigenvalue weighted by Crippen LogP contribution is 2.28. The summed E-state index contributed by atoms with van der Waals surface area (Å²) in [6.07, 6.45) is 0. The number of carbonyl (C=O) groups is 1. The Morgan fingerprint density at radius 1 is 1.00 bits per heavy atom. The molecule has 4 aromatic rings. The number of anilines is 1. The summed E-state index contributed by atoms with van der Waals surface area (Å²) in [6.45, 7) is 3.47. The molecule has 0 atom stereocenters. The molecule has 5 nitrogen and oxygen atoms in total. The highest BCUT2D eigenvalue weighted by atomic mass is 19.1. The number of nitrogens with zero attached hydrogens (tertiary/aromatic N) is 2. The van der Waals surface area contributed by atoms with Crippen LogP contribution in [-0.4, -0.2) is 16.0 Å². The Bertz CT molecular complexity index is 1200. The average Bonchev–Trinajstić information content (AvgIpc) is 3.05. The summed E-state index contributed by atoms with van der Waals surface area (Å²) >= 11 is 0. The third kappa shape index (κ3) is 3.22. The molecule has 1 N–H and O–H groups in total. The maximum absolute atomic E-state index is 13.6. The number of nitrogens with one attached hydrogen (secondary N) is 1. The number of hydrogen-bond donors (Lipinski definition) is 1. The van der Waals surface area contributed by atoms with Gasteiger partial charge in [0.15, 0.2) is 0 Å². The van der Waals surface area contributed by atoms with E-state index in [0.717, 1.165) is 5.56 Å². The summed E-state index contributed by atoms with van der Waals surface area (Å²) in [5.41, 5.74) is 3.13. The Morgan fingerprint density at radius 2 is 1.71 bits per heavy atom. The maximum atomic E-state index is 13.6. The molecule has 4 rings (SSSR count). The predicted molar refractivity (Wildman–Crippen MR) is 101 cm³/mol. The smallest absolute Gasteiger partial charge is 0.259 e. The molecule has 140 valence electrons. The highest BCUT2D eigenvalue weighted by molar-refractivity contribution is 6.13. The summed E-state index contributed by atoms with van der Waals surface area (Å²) in [7, 11) is 0. The molecule has 0 saturated heterocycles. The van der Waals surface area contributed by atoms with Gasteiger partial charge in [-0.3, -0.25) is 4.79 Å². The molecule has 0 spiro atoms. The monoisotopic (exact) mass is 379 g/mol. The first-order chi connectivity index (χ1) is 13.4. The molecule has 0 aliphatic rings. The molecule has 0 bridgehead atoms. The molecule has 2 aromatic heterocycles. The minimum atomic E-state index is -0.450. The van der Waals surface area contributed by atoms with Gasteiger partial charge in [-0.15, -0.1) is 0 Å². The van der Waals surface area contributed by atoms with Crippen LogP contribution < -0.4 is 5.32 Å². The quantitative estimate of drug-likeness (QED) is 0.542. The van der Waals surface area contributed by atoms with Crippen LogP contribution in [0.1, 0.15) is 21.6 Å². The van der Waals surface area contributed by atoms with Gasteiger partial charge in [0.05, 0.1) is 22.3 Å². The van der Waals surface area contributed by atoms with Crippen molar-refractivity contribution in [1.29, 1.82) is 0 Å². The number of rotatable bonds is 3. The fraction of sp³-hybridized carbons (Fsp3) is 0.0952. The Kier molecular flexibility index (Phi) is 4.35. The second kappa shape index (κ2) is 6.84. The first kappa shape index (κ1) is 17.8. The molecular weight excluding hydrogens is 364 g/mol. The van der Waals surface area contributed by atoms with Crippen molar-refractivity contribution in [2.45, 2.75) is 13.8 Å². The minimum Gasteiger partial charge on any atom is -0.335 e. The number of benzene rings is 2. The van der Waals surface area contributed by atoms with Crippen LogP contribution in [0.2, 0.25) is 0 Å². The van der Waals surface area contributed by atoms with Crippen molar-refractivity contribution in [1.82, 2.24) is 10.1 Å². The lowest BCUT2D eigenvalue weighted by Gasteiger charge is -2.10. The van der Waals surface area contributed by atoms with Crippen molar-refractivity contribution in [2.75, 3.05) is 5.32 Å². The number of hydrogen-bond acceptors (Lipinski definition) is 4. The van der Waals surface area contributed by atoms with E-state index in [4.69, 9.17) is 4.52 Å². The predicted octanol–water partition coefficient (Wildman–Crippen LogP) is 5.04. The van der Waals surface area contributed by atoms with Crippen molar-refractivity contribution >= 4 is 22.7 Å². The van der Waals surface area contributed by atoms with E-state index in [2.05, 4.69) is 15.5 Å². The number of aryl methyl sites for hydroxylation is 2. The first-order valence-electron chi connectivity index (χ1n) is 8.53. The Morgan fingerprint density at radius 3 is 2.46 bits per heavy atom. The number of pyridine rings is 1. The molecule has 2 aromatic carbocycles. The molecule has 28 heavy (non-hydrogen) atoms. The van der Waals surface area contributed by atoms with Crippen molar-refractivity contribution in [3.63, 3.8) is 0 Å². The van der Waals surface area contributed by atoms with Crippen LogP contribution in [0.3, 0.4) is 0 Å². The molecule has 1 amide bonds. The number of halogens is 2. The lowest BCUT2D eigenvalue weighted by molar-refractivity contribution is 0.102. The number of carbonyl (C=O) groups excluding carboxylic acids is 1. The Labute approximate surface area is 159 Å². The molecule has 0 aliphatic carbocycles. The summed E-state index contributed by atoms with van der Waals surface area (Å²) in [5, 5.41) is 7.09. The summed E-state index contributed by atoms with van der Waals surface area (Å²) in [6, 6.07) is 11.5. The van der Waals surface area contributed by atoms with Crippen molar-refractivity contribution in [2.24, 2.45) is 0 Å². The molecule has 2 heterocycles. The largest absolute Gasteiger partial charge is 0.335 e. The van der Waals surface area contributed by atoms with Gasteiger partial charge in [-0.1, -0.05) is 11.2 Å². The SMILES string of the molecule is Cc1ccc(F)cc1NC(=O)c1cc(-c2ccc(F)cc2)nc2onc(C)c12. The van der Waals surface area contributed by atoms with Crippen LogP contribution in [0.5, 0.6) is 0 Å². The van der Waals surface area contributed by atoms with E-state index < -0.39 is 11.7 Å². The van der Waals surface area contributed by atoms with Crippen molar-refractivity contribution < 1.29 is 18.1 Å². The fourth-order valence-electron chi connectivity index (χ4n) is 2.96. The second-order valence-electron chi connectivity index (χ2n) is 6.42. The van der Waals surface area contributed by atoms with E-state index in [1.165, 1.54) is 24.3 Å². The molecule has 0 radical (unpaired) electrons. The van der Waals surface area contributed by atoms with Crippen LogP contribution in [0.25, 0.3) is 22.4 Å². The fourth-order valence-corrected chi connectivity index (χ4v) is 2.96. The van der Waals surface area contributed by atoms with Crippen molar-refractivity contribution in [3.8, 4) is 11.3 Å². The van der Waals surface area contributed by atoms with Gasteiger partial charge >= 0.3 is 0 Å². The van der Waals surface area contributed by atoms with Gasteiger partial charge in [-0.05, 0) is 61.9 Å². The lowest BCUT2D eigenvalue weighted by Crippen LogP contribution is -2.14. The van der Waals surface area contributed by atoms with Gasteiger partial charge in [0.2, 0.25) is 0 Å².